The van der Waals surface area contributed by atoms with Gasteiger partial charge in [0.05, 0.1) is 5.69 Å². The van der Waals surface area contributed by atoms with E-state index < -0.39 is 0 Å². The normalized spacial score (nSPS) is 19.1. The van der Waals surface area contributed by atoms with E-state index in [9.17, 15) is 0 Å². The number of halogens is 1. The second-order valence-corrected chi connectivity index (χ2v) is 5.86. The van der Waals surface area contributed by atoms with Crippen molar-refractivity contribution in [3.05, 3.63) is 48.0 Å². The van der Waals surface area contributed by atoms with E-state index in [1.807, 2.05) is 23.1 Å². The molecule has 1 N–H and O–H groups in total. The highest BCUT2D eigenvalue weighted by atomic mass is 35.5. The molecule has 5 nitrogen and oxygen atoms in total. The number of nitrogens with one attached hydrogen (secondary N) is 1. The smallest absolute Gasteiger partial charge is 0.0765 e. The van der Waals surface area contributed by atoms with Gasteiger partial charge in [0.15, 0.2) is 0 Å². The van der Waals surface area contributed by atoms with E-state index in [2.05, 4.69) is 52.5 Å². The van der Waals surface area contributed by atoms with Crippen molar-refractivity contribution in [2.24, 2.45) is 0 Å². The molecule has 0 radical (unpaired) electrons. The minimum atomic E-state index is 0. The lowest BCUT2D eigenvalue weighted by Crippen LogP contribution is -2.45. The van der Waals surface area contributed by atoms with Gasteiger partial charge in [-0.15, -0.1) is 12.4 Å². The molecule has 0 bridgehead atoms. The van der Waals surface area contributed by atoms with Crippen molar-refractivity contribution < 1.29 is 0 Å². The molecule has 6 heteroatoms. The Hall–Kier alpha value is -1.43. The van der Waals surface area contributed by atoms with E-state index in [0.717, 1.165) is 31.9 Å². The zero-order valence-electron chi connectivity index (χ0n) is 13.1. The zero-order chi connectivity index (χ0) is 14.7. The van der Waals surface area contributed by atoms with Crippen LogP contribution in [0.2, 0.25) is 0 Å². The number of piperazine rings is 1. The monoisotopic (exact) mass is 321 g/mol. The number of pyridine rings is 1. The highest BCUT2D eigenvalue weighted by Crippen LogP contribution is 2.23. The lowest BCUT2D eigenvalue weighted by molar-refractivity contribution is 0.151. The molecule has 1 fully saturated rings. The van der Waals surface area contributed by atoms with Gasteiger partial charge >= 0.3 is 0 Å². The fourth-order valence-corrected chi connectivity index (χ4v) is 2.79. The first-order valence-electron chi connectivity index (χ1n) is 7.63. The molecule has 22 heavy (non-hydrogen) atoms. The third kappa shape index (κ3) is 3.85. The molecule has 1 atom stereocenters. The van der Waals surface area contributed by atoms with E-state index in [4.69, 9.17) is 0 Å². The second-order valence-electron chi connectivity index (χ2n) is 5.86. The van der Waals surface area contributed by atoms with Gasteiger partial charge in [0.1, 0.15) is 0 Å². The van der Waals surface area contributed by atoms with Crippen molar-refractivity contribution in [2.45, 2.75) is 32.5 Å². The molecular weight excluding hydrogens is 298 g/mol. The lowest BCUT2D eigenvalue weighted by Gasteiger charge is -2.35. The van der Waals surface area contributed by atoms with Crippen LogP contribution in [-0.4, -0.2) is 39.3 Å². The van der Waals surface area contributed by atoms with Crippen LogP contribution in [0.3, 0.4) is 0 Å². The SMILES string of the molecule is CC(C)n1ccc(CN2CCNCC2c2cccnc2)n1.Cl. The molecule has 0 aliphatic carbocycles. The molecule has 1 unspecified atom stereocenters. The molecule has 0 amide bonds. The average molecular weight is 322 g/mol. The fourth-order valence-electron chi connectivity index (χ4n) is 2.79. The fraction of sp³-hybridized carbons (Fsp3) is 0.500. The highest BCUT2D eigenvalue weighted by Gasteiger charge is 2.24. The second kappa shape index (κ2) is 7.72. The number of nitrogens with zero attached hydrogens (tertiary/aromatic N) is 4. The van der Waals surface area contributed by atoms with Crippen LogP contribution in [0.1, 0.15) is 37.2 Å². The summed E-state index contributed by atoms with van der Waals surface area (Å²) in [6.07, 6.45) is 5.87. The molecule has 3 rings (SSSR count). The van der Waals surface area contributed by atoms with Crippen molar-refractivity contribution in [2.75, 3.05) is 19.6 Å². The zero-order valence-corrected chi connectivity index (χ0v) is 14.0. The summed E-state index contributed by atoms with van der Waals surface area (Å²) in [6, 6.07) is 7.08. The summed E-state index contributed by atoms with van der Waals surface area (Å²) < 4.78 is 2.02. The van der Waals surface area contributed by atoms with Crippen molar-refractivity contribution >= 4 is 12.4 Å². The lowest BCUT2D eigenvalue weighted by atomic mass is 10.1. The van der Waals surface area contributed by atoms with Crippen LogP contribution in [0.5, 0.6) is 0 Å². The first kappa shape index (κ1) is 16.9. The van der Waals surface area contributed by atoms with Crippen LogP contribution in [0.4, 0.5) is 0 Å². The minimum absolute atomic E-state index is 0. The molecule has 2 aromatic heterocycles. The van der Waals surface area contributed by atoms with E-state index in [1.54, 1.807) is 0 Å². The van der Waals surface area contributed by atoms with Gasteiger partial charge in [-0.2, -0.15) is 5.10 Å². The van der Waals surface area contributed by atoms with Gasteiger partial charge in [-0.05, 0) is 31.5 Å². The Balaban J connectivity index is 0.00000176. The predicted molar refractivity (Wildman–Crippen MR) is 90.1 cm³/mol. The molecule has 1 saturated heterocycles. The summed E-state index contributed by atoms with van der Waals surface area (Å²) >= 11 is 0. The number of hydrogen-bond donors (Lipinski definition) is 1. The largest absolute Gasteiger partial charge is 0.314 e. The Bertz CT molecular complexity index is 569. The van der Waals surface area contributed by atoms with Crippen LogP contribution >= 0.6 is 12.4 Å². The molecule has 0 aromatic carbocycles. The summed E-state index contributed by atoms with van der Waals surface area (Å²) in [5.41, 5.74) is 2.41. The van der Waals surface area contributed by atoms with Crippen LogP contribution in [-0.2, 0) is 6.54 Å². The Kier molecular flexibility index (Phi) is 5.94. The standard InChI is InChI=1S/C16H23N5.ClH/c1-13(2)21-8-5-15(19-21)12-20-9-7-18-11-16(20)14-4-3-6-17-10-14;/h3-6,8,10,13,16,18H,7,9,11-12H2,1-2H3;1H. The quantitative estimate of drug-likeness (QED) is 0.939. The van der Waals surface area contributed by atoms with Gasteiger partial charge in [0, 0.05) is 56.9 Å². The molecule has 1 aliphatic rings. The van der Waals surface area contributed by atoms with E-state index in [1.165, 1.54) is 5.56 Å². The summed E-state index contributed by atoms with van der Waals surface area (Å²) in [7, 11) is 0. The summed E-state index contributed by atoms with van der Waals surface area (Å²) in [6.45, 7) is 8.23. The summed E-state index contributed by atoms with van der Waals surface area (Å²) in [5.74, 6) is 0. The number of rotatable bonds is 4. The molecule has 1 aliphatic heterocycles. The van der Waals surface area contributed by atoms with Crippen LogP contribution in [0.15, 0.2) is 36.8 Å². The highest BCUT2D eigenvalue weighted by molar-refractivity contribution is 5.85. The van der Waals surface area contributed by atoms with Gasteiger partial charge in [-0.25, -0.2) is 0 Å². The third-order valence-corrected chi connectivity index (χ3v) is 3.98. The van der Waals surface area contributed by atoms with Gasteiger partial charge in [0.25, 0.3) is 0 Å². The van der Waals surface area contributed by atoms with Crippen molar-refractivity contribution in [3.63, 3.8) is 0 Å². The first-order chi connectivity index (χ1) is 10.2. The van der Waals surface area contributed by atoms with E-state index in [0.29, 0.717) is 12.1 Å². The topological polar surface area (TPSA) is 46.0 Å². The minimum Gasteiger partial charge on any atom is -0.314 e. The predicted octanol–water partition coefficient (Wildman–Crippen LogP) is 2.43. The van der Waals surface area contributed by atoms with Gasteiger partial charge in [-0.1, -0.05) is 6.07 Å². The van der Waals surface area contributed by atoms with Crippen LogP contribution < -0.4 is 5.32 Å². The van der Waals surface area contributed by atoms with Crippen LogP contribution in [0, 0.1) is 0 Å². The maximum absolute atomic E-state index is 4.67. The Labute approximate surface area is 138 Å². The molecule has 0 spiro atoms. The maximum atomic E-state index is 4.67. The Morgan fingerprint density at radius 1 is 1.36 bits per heavy atom. The van der Waals surface area contributed by atoms with Gasteiger partial charge < -0.3 is 5.32 Å². The molecule has 3 heterocycles. The number of hydrogen-bond acceptors (Lipinski definition) is 4. The average Bonchev–Trinajstić information content (AvgIpc) is 2.98. The van der Waals surface area contributed by atoms with E-state index in [-0.39, 0.29) is 12.4 Å². The molecular formula is C16H24ClN5. The van der Waals surface area contributed by atoms with Crippen molar-refractivity contribution in [1.82, 2.24) is 25.0 Å². The molecule has 120 valence electrons. The summed E-state index contributed by atoms with van der Waals surface area (Å²) in [4.78, 5) is 6.74. The number of aromatic nitrogens is 3. The molecule has 0 saturated carbocycles. The van der Waals surface area contributed by atoms with E-state index >= 15 is 0 Å². The van der Waals surface area contributed by atoms with Gasteiger partial charge in [-0.3, -0.25) is 14.6 Å². The summed E-state index contributed by atoms with van der Waals surface area (Å²) in [5, 5.41) is 8.15. The van der Waals surface area contributed by atoms with Crippen molar-refractivity contribution in [1.29, 1.82) is 0 Å². The van der Waals surface area contributed by atoms with Gasteiger partial charge in [0.2, 0.25) is 0 Å². The molecule has 2 aromatic rings. The first-order valence-corrected chi connectivity index (χ1v) is 7.63. The Morgan fingerprint density at radius 2 is 2.23 bits per heavy atom. The van der Waals surface area contributed by atoms with Crippen LogP contribution in [0.25, 0.3) is 0 Å². The Morgan fingerprint density at radius 3 is 2.91 bits per heavy atom. The third-order valence-electron chi connectivity index (χ3n) is 3.98. The van der Waals surface area contributed by atoms with Crippen molar-refractivity contribution in [3.8, 4) is 0 Å². The maximum Gasteiger partial charge on any atom is 0.0765 e.